The van der Waals surface area contributed by atoms with E-state index in [0.29, 0.717) is 29.6 Å². The molecule has 0 aliphatic carbocycles. The SMILES string of the molecule is CCC(C)NC(=O)c1ccc(NCCc2ccc(OC)c(OC)c2)nn1. The molecular formula is C19H26N4O3. The number of nitrogens with one attached hydrogen (secondary N) is 2. The topological polar surface area (TPSA) is 85.4 Å². The number of methoxy groups -OCH3 is 2. The van der Waals surface area contributed by atoms with Gasteiger partial charge in [-0.15, -0.1) is 10.2 Å². The van der Waals surface area contributed by atoms with Crippen molar-refractivity contribution in [2.45, 2.75) is 32.7 Å². The van der Waals surface area contributed by atoms with E-state index in [1.54, 1.807) is 26.4 Å². The van der Waals surface area contributed by atoms with Gasteiger partial charge in [-0.3, -0.25) is 4.79 Å². The summed E-state index contributed by atoms with van der Waals surface area (Å²) in [5, 5.41) is 14.1. The standard InChI is InChI=1S/C19H26N4O3/c1-5-13(2)21-19(24)15-7-9-18(23-22-15)20-11-10-14-6-8-16(25-3)17(12-14)26-4/h6-9,12-13H,5,10-11H2,1-4H3,(H,20,23)(H,21,24). The number of nitrogens with zero attached hydrogens (tertiary/aromatic N) is 2. The Kier molecular flexibility index (Phi) is 7.20. The highest BCUT2D eigenvalue weighted by Gasteiger charge is 2.10. The van der Waals surface area contributed by atoms with Gasteiger partial charge in [-0.25, -0.2) is 0 Å². The number of amides is 1. The van der Waals surface area contributed by atoms with Crippen LogP contribution in [0.4, 0.5) is 5.82 Å². The minimum absolute atomic E-state index is 0.114. The summed E-state index contributed by atoms with van der Waals surface area (Å²) in [6.45, 7) is 4.65. The van der Waals surface area contributed by atoms with Gasteiger partial charge in [-0.2, -0.15) is 0 Å². The third-order valence-corrected chi connectivity index (χ3v) is 4.05. The molecule has 0 aliphatic rings. The lowest BCUT2D eigenvalue weighted by molar-refractivity contribution is 0.0933. The zero-order chi connectivity index (χ0) is 18.9. The van der Waals surface area contributed by atoms with E-state index in [1.807, 2.05) is 32.0 Å². The quantitative estimate of drug-likeness (QED) is 0.717. The molecule has 0 saturated carbocycles. The Morgan fingerprint density at radius 3 is 2.50 bits per heavy atom. The Morgan fingerprint density at radius 1 is 1.12 bits per heavy atom. The molecule has 0 radical (unpaired) electrons. The van der Waals surface area contributed by atoms with E-state index in [4.69, 9.17) is 9.47 Å². The predicted octanol–water partition coefficient (Wildman–Crippen LogP) is 2.68. The van der Waals surface area contributed by atoms with Crippen molar-refractivity contribution in [1.29, 1.82) is 0 Å². The highest BCUT2D eigenvalue weighted by atomic mass is 16.5. The molecule has 7 nitrogen and oxygen atoms in total. The molecule has 0 aliphatic heterocycles. The fraction of sp³-hybridized carbons (Fsp3) is 0.421. The Bertz CT molecular complexity index is 719. The zero-order valence-corrected chi connectivity index (χ0v) is 15.7. The van der Waals surface area contributed by atoms with Crippen LogP contribution in [0.15, 0.2) is 30.3 Å². The molecule has 0 saturated heterocycles. The van der Waals surface area contributed by atoms with Gasteiger partial charge in [0.1, 0.15) is 5.82 Å². The zero-order valence-electron chi connectivity index (χ0n) is 15.7. The number of hydrogen-bond donors (Lipinski definition) is 2. The van der Waals surface area contributed by atoms with Crippen LogP contribution in [0.25, 0.3) is 0 Å². The van der Waals surface area contributed by atoms with Gasteiger partial charge < -0.3 is 20.1 Å². The predicted molar refractivity (Wildman–Crippen MR) is 101 cm³/mol. The smallest absolute Gasteiger partial charge is 0.272 e. The van der Waals surface area contributed by atoms with Crippen molar-refractivity contribution < 1.29 is 14.3 Å². The highest BCUT2D eigenvalue weighted by molar-refractivity contribution is 5.92. The van der Waals surface area contributed by atoms with Crippen LogP contribution in [0.1, 0.15) is 36.3 Å². The van der Waals surface area contributed by atoms with E-state index < -0.39 is 0 Å². The summed E-state index contributed by atoms with van der Waals surface area (Å²) in [6, 6.07) is 9.38. The molecule has 1 aromatic carbocycles. The van der Waals surface area contributed by atoms with Gasteiger partial charge in [0.05, 0.1) is 14.2 Å². The molecule has 0 spiro atoms. The molecule has 2 rings (SSSR count). The maximum absolute atomic E-state index is 12.0. The van der Waals surface area contributed by atoms with Crippen molar-refractivity contribution in [1.82, 2.24) is 15.5 Å². The lowest BCUT2D eigenvalue weighted by Gasteiger charge is -2.11. The molecule has 2 aromatic rings. The molecule has 26 heavy (non-hydrogen) atoms. The van der Waals surface area contributed by atoms with Crippen LogP contribution in [-0.2, 0) is 6.42 Å². The summed E-state index contributed by atoms with van der Waals surface area (Å²) in [4.78, 5) is 12.0. The number of aromatic nitrogens is 2. The molecule has 140 valence electrons. The van der Waals surface area contributed by atoms with Gasteiger partial charge in [-0.05, 0) is 49.6 Å². The molecule has 7 heteroatoms. The number of rotatable bonds is 9. The summed E-state index contributed by atoms with van der Waals surface area (Å²) in [5.74, 6) is 1.84. The van der Waals surface area contributed by atoms with E-state index in [9.17, 15) is 4.79 Å². The van der Waals surface area contributed by atoms with Crippen LogP contribution in [0.5, 0.6) is 11.5 Å². The van der Waals surface area contributed by atoms with Crippen LogP contribution >= 0.6 is 0 Å². The molecule has 1 amide bonds. The van der Waals surface area contributed by atoms with E-state index in [0.717, 1.165) is 18.4 Å². The Morgan fingerprint density at radius 2 is 1.88 bits per heavy atom. The Hall–Kier alpha value is -2.83. The fourth-order valence-electron chi connectivity index (χ4n) is 2.32. The summed E-state index contributed by atoms with van der Waals surface area (Å²) in [6.07, 6.45) is 1.66. The van der Waals surface area contributed by atoms with Gasteiger partial charge >= 0.3 is 0 Å². The minimum atomic E-state index is -0.205. The Labute approximate surface area is 154 Å². The van der Waals surface area contributed by atoms with E-state index >= 15 is 0 Å². The van der Waals surface area contributed by atoms with Crippen molar-refractivity contribution in [2.75, 3.05) is 26.1 Å². The maximum Gasteiger partial charge on any atom is 0.272 e. The van der Waals surface area contributed by atoms with E-state index in [-0.39, 0.29) is 11.9 Å². The molecule has 0 fully saturated rings. The normalized spacial score (nSPS) is 11.5. The van der Waals surface area contributed by atoms with Crippen molar-refractivity contribution in [2.24, 2.45) is 0 Å². The monoisotopic (exact) mass is 358 g/mol. The largest absolute Gasteiger partial charge is 0.493 e. The van der Waals surface area contributed by atoms with Crippen LogP contribution in [0, 0.1) is 0 Å². The molecule has 1 heterocycles. The summed E-state index contributed by atoms with van der Waals surface area (Å²) in [7, 11) is 3.24. The second kappa shape index (κ2) is 9.60. The van der Waals surface area contributed by atoms with Crippen molar-refractivity contribution in [3.05, 3.63) is 41.6 Å². The molecule has 1 aromatic heterocycles. The van der Waals surface area contributed by atoms with Crippen LogP contribution in [0.2, 0.25) is 0 Å². The maximum atomic E-state index is 12.0. The van der Waals surface area contributed by atoms with Crippen molar-refractivity contribution >= 4 is 11.7 Å². The first-order valence-corrected chi connectivity index (χ1v) is 8.66. The van der Waals surface area contributed by atoms with Gasteiger partial charge in [0.2, 0.25) is 0 Å². The second-order valence-electron chi connectivity index (χ2n) is 5.95. The average Bonchev–Trinajstić information content (AvgIpc) is 2.68. The minimum Gasteiger partial charge on any atom is -0.493 e. The lowest BCUT2D eigenvalue weighted by Crippen LogP contribution is -2.32. The number of anilines is 1. The molecular weight excluding hydrogens is 332 g/mol. The highest BCUT2D eigenvalue weighted by Crippen LogP contribution is 2.27. The average molecular weight is 358 g/mol. The second-order valence-corrected chi connectivity index (χ2v) is 5.95. The molecule has 2 N–H and O–H groups in total. The van der Waals surface area contributed by atoms with Gasteiger partial charge in [-0.1, -0.05) is 13.0 Å². The fourth-order valence-corrected chi connectivity index (χ4v) is 2.32. The van der Waals surface area contributed by atoms with Gasteiger partial charge in [0, 0.05) is 12.6 Å². The van der Waals surface area contributed by atoms with Crippen LogP contribution < -0.4 is 20.1 Å². The molecule has 1 atom stereocenters. The van der Waals surface area contributed by atoms with Crippen molar-refractivity contribution in [3.63, 3.8) is 0 Å². The Balaban J connectivity index is 1.87. The molecule has 1 unspecified atom stereocenters. The first kappa shape index (κ1) is 19.5. The lowest BCUT2D eigenvalue weighted by atomic mass is 10.1. The third kappa shape index (κ3) is 5.34. The first-order valence-electron chi connectivity index (χ1n) is 8.66. The number of carbonyl (C=O) groups is 1. The number of carbonyl (C=O) groups excluding carboxylic acids is 1. The van der Waals surface area contributed by atoms with Crippen LogP contribution in [-0.4, -0.2) is 42.9 Å². The molecule has 0 bridgehead atoms. The number of ether oxygens (including phenoxy) is 2. The third-order valence-electron chi connectivity index (χ3n) is 4.05. The summed E-state index contributed by atoms with van der Waals surface area (Å²) >= 11 is 0. The summed E-state index contributed by atoms with van der Waals surface area (Å²) < 4.78 is 10.5. The van der Waals surface area contributed by atoms with Gasteiger partial charge in [0.15, 0.2) is 17.2 Å². The summed E-state index contributed by atoms with van der Waals surface area (Å²) in [5.41, 5.74) is 1.43. The number of benzene rings is 1. The van der Waals surface area contributed by atoms with E-state index in [1.165, 1.54) is 0 Å². The van der Waals surface area contributed by atoms with Crippen molar-refractivity contribution in [3.8, 4) is 11.5 Å². The number of hydrogen-bond acceptors (Lipinski definition) is 6. The van der Waals surface area contributed by atoms with Gasteiger partial charge in [0.25, 0.3) is 5.91 Å². The van der Waals surface area contributed by atoms with Crippen LogP contribution in [0.3, 0.4) is 0 Å². The first-order chi connectivity index (χ1) is 12.6. The van der Waals surface area contributed by atoms with E-state index in [2.05, 4.69) is 20.8 Å².